The van der Waals surface area contributed by atoms with E-state index in [9.17, 15) is 14.4 Å². The predicted octanol–water partition coefficient (Wildman–Crippen LogP) is 3.18. The first-order valence-corrected chi connectivity index (χ1v) is 9.97. The number of carbonyl (C=O) groups excluding carboxylic acids is 1. The van der Waals surface area contributed by atoms with E-state index in [1.165, 1.54) is 6.07 Å². The molecule has 2 N–H and O–H groups in total. The Morgan fingerprint density at radius 1 is 1.24 bits per heavy atom. The molecule has 29 heavy (non-hydrogen) atoms. The molecule has 1 fully saturated rings. The van der Waals surface area contributed by atoms with Gasteiger partial charge in [-0.15, -0.1) is 0 Å². The number of carboxylic acid groups (broad SMARTS) is 1. The largest absolute Gasteiger partial charge is 0.481 e. The lowest BCUT2D eigenvalue weighted by atomic mass is 9.82. The Balaban J connectivity index is 1.59. The first kappa shape index (κ1) is 20.9. The van der Waals surface area contributed by atoms with Crippen molar-refractivity contribution in [2.24, 2.45) is 11.8 Å². The highest BCUT2D eigenvalue weighted by molar-refractivity contribution is 5.85. The number of benzene rings is 1. The molecule has 0 saturated heterocycles. The Bertz CT molecular complexity index is 971. The van der Waals surface area contributed by atoms with Crippen LogP contribution in [0.4, 0.5) is 0 Å². The summed E-state index contributed by atoms with van der Waals surface area (Å²) in [6.07, 6.45) is 2.20. The summed E-state index contributed by atoms with van der Waals surface area (Å²) in [6, 6.07) is 5.05. The number of carbonyl (C=O) groups is 2. The first-order chi connectivity index (χ1) is 13.8. The molecule has 0 bridgehead atoms. The van der Waals surface area contributed by atoms with E-state index >= 15 is 0 Å². The van der Waals surface area contributed by atoms with Crippen molar-refractivity contribution < 1.29 is 23.8 Å². The minimum absolute atomic E-state index is 0.226. The summed E-state index contributed by atoms with van der Waals surface area (Å²) < 4.78 is 11.2. The van der Waals surface area contributed by atoms with E-state index in [0.29, 0.717) is 42.2 Å². The van der Waals surface area contributed by atoms with E-state index in [2.05, 4.69) is 5.32 Å². The van der Waals surface area contributed by atoms with Crippen molar-refractivity contribution in [3.63, 3.8) is 0 Å². The smallest absolute Gasteiger partial charge is 0.336 e. The maximum Gasteiger partial charge on any atom is 0.336 e. The fourth-order valence-electron chi connectivity index (χ4n) is 3.87. The van der Waals surface area contributed by atoms with E-state index in [0.717, 1.165) is 23.8 Å². The maximum atomic E-state index is 12.4. The van der Waals surface area contributed by atoms with Gasteiger partial charge in [-0.25, -0.2) is 4.79 Å². The summed E-state index contributed by atoms with van der Waals surface area (Å²) >= 11 is 0. The van der Waals surface area contributed by atoms with Crippen LogP contribution in [-0.4, -0.2) is 29.6 Å². The maximum absolute atomic E-state index is 12.4. The highest BCUT2D eigenvalue weighted by Gasteiger charge is 2.26. The summed E-state index contributed by atoms with van der Waals surface area (Å²) in [5, 5.41) is 12.8. The zero-order chi connectivity index (χ0) is 21.1. The van der Waals surface area contributed by atoms with Crippen LogP contribution in [0.25, 0.3) is 11.0 Å². The molecule has 156 valence electrons. The quantitative estimate of drug-likeness (QED) is 0.720. The summed E-state index contributed by atoms with van der Waals surface area (Å²) in [4.78, 5) is 35.2. The highest BCUT2D eigenvalue weighted by atomic mass is 16.5. The lowest BCUT2D eigenvalue weighted by Gasteiger charge is -2.26. The molecule has 1 aliphatic rings. The van der Waals surface area contributed by atoms with Crippen LogP contribution in [0.15, 0.2) is 27.4 Å². The van der Waals surface area contributed by atoms with Gasteiger partial charge in [-0.05, 0) is 70.1 Å². The van der Waals surface area contributed by atoms with Crippen molar-refractivity contribution in [1.29, 1.82) is 0 Å². The number of aliphatic carboxylic acids is 1. The Morgan fingerprint density at radius 2 is 1.93 bits per heavy atom. The number of hydrogen-bond acceptors (Lipinski definition) is 5. The third-order valence-corrected chi connectivity index (χ3v) is 5.75. The van der Waals surface area contributed by atoms with E-state index in [1.807, 2.05) is 13.0 Å². The second-order valence-electron chi connectivity index (χ2n) is 7.87. The van der Waals surface area contributed by atoms with Crippen molar-refractivity contribution in [2.45, 2.75) is 52.6 Å². The minimum atomic E-state index is -0.730. The Kier molecular flexibility index (Phi) is 6.25. The lowest BCUT2D eigenvalue weighted by Crippen LogP contribution is -2.39. The zero-order valence-corrected chi connectivity index (χ0v) is 17.0. The molecule has 1 aromatic heterocycles. The van der Waals surface area contributed by atoms with Gasteiger partial charge in [0.05, 0.1) is 5.92 Å². The Morgan fingerprint density at radius 3 is 2.59 bits per heavy atom. The number of carboxylic acids is 1. The van der Waals surface area contributed by atoms with Gasteiger partial charge in [0.2, 0.25) is 0 Å². The highest BCUT2D eigenvalue weighted by Crippen LogP contribution is 2.30. The number of aryl methyl sites for hydroxylation is 2. The number of ether oxygens (including phenoxy) is 1. The minimum Gasteiger partial charge on any atom is -0.481 e. The molecule has 1 saturated carbocycles. The number of rotatable bonds is 6. The van der Waals surface area contributed by atoms with Gasteiger partial charge in [0.15, 0.2) is 6.10 Å². The number of amides is 1. The fraction of sp³-hybridized carbons (Fsp3) is 0.500. The van der Waals surface area contributed by atoms with Gasteiger partial charge in [-0.3, -0.25) is 9.59 Å². The third kappa shape index (κ3) is 4.78. The van der Waals surface area contributed by atoms with Crippen LogP contribution in [0.5, 0.6) is 5.75 Å². The van der Waals surface area contributed by atoms with Crippen LogP contribution in [-0.2, 0) is 9.59 Å². The Labute approximate surface area is 169 Å². The molecule has 1 aromatic carbocycles. The monoisotopic (exact) mass is 401 g/mol. The molecule has 0 aliphatic heterocycles. The van der Waals surface area contributed by atoms with Gasteiger partial charge >= 0.3 is 11.6 Å². The first-order valence-electron chi connectivity index (χ1n) is 9.97. The second kappa shape index (κ2) is 8.68. The number of hydrogen-bond donors (Lipinski definition) is 2. The van der Waals surface area contributed by atoms with Gasteiger partial charge in [0, 0.05) is 23.6 Å². The SMILES string of the molecule is Cc1cc(=O)oc2c(C)c(O[C@@H](C)C(=O)NCC3CCC(C(=O)O)CC3)ccc12. The van der Waals surface area contributed by atoms with Crippen molar-refractivity contribution in [2.75, 3.05) is 6.54 Å². The average Bonchev–Trinajstić information content (AvgIpc) is 2.68. The third-order valence-electron chi connectivity index (χ3n) is 5.75. The molecular weight excluding hydrogens is 374 g/mol. The van der Waals surface area contributed by atoms with Crippen LogP contribution in [0, 0.1) is 25.7 Å². The molecule has 0 unspecified atom stereocenters. The molecule has 7 heteroatoms. The lowest BCUT2D eigenvalue weighted by molar-refractivity contribution is -0.143. The molecule has 7 nitrogen and oxygen atoms in total. The summed E-state index contributed by atoms with van der Waals surface area (Å²) in [6.45, 7) is 5.83. The molecule has 3 rings (SSSR count). The van der Waals surface area contributed by atoms with Crippen molar-refractivity contribution >= 4 is 22.8 Å². The van der Waals surface area contributed by atoms with Crippen LogP contribution >= 0.6 is 0 Å². The molecule has 1 aliphatic carbocycles. The van der Waals surface area contributed by atoms with Gasteiger partial charge in [0.1, 0.15) is 11.3 Å². The molecule has 2 aromatic rings. The van der Waals surface area contributed by atoms with Gasteiger partial charge in [-0.1, -0.05) is 0 Å². The second-order valence-corrected chi connectivity index (χ2v) is 7.87. The predicted molar refractivity (Wildman–Crippen MR) is 108 cm³/mol. The normalized spacial score (nSPS) is 20.2. The Hall–Kier alpha value is -2.83. The summed E-state index contributed by atoms with van der Waals surface area (Å²) in [5.41, 5.74) is 1.55. The van der Waals surface area contributed by atoms with Crippen LogP contribution in [0.3, 0.4) is 0 Å². The van der Waals surface area contributed by atoms with Crippen LogP contribution < -0.4 is 15.7 Å². The molecular formula is C22H27NO6. The van der Waals surface area contributed by atoms with Crippen molar-refractivity contribution in [1.82, 2.24) is 5.32 Å². The standard InChI is InChI=1S/C22H27NO6/c1-12-10-19(24)29-20-13(2)18(9-8-17(12)20)28-14(3)21(25)23-11-15-4-6-16(7-5-15)22(26)27/h8-10,14-16H,4-7,11H2,1-3H3,(H,23,25)(H,26,27)/t14-,15?,16?/m0/s1. The van der Waals surface area contributed by atoms with Gasteiger partial charge in [0.25, 0.3) is 5.91 Å². The average molecular weight is 401 g/mol. The van der Waals surface area contributed by atoms with Gasteiger partial charge < -0.3 is 19.6 Å². The van der Waals surface area contributed by atoms with Gasteiger partial charge in [-0.2, -0.15) is 0 Å². The molecule has 0 radical (unpaired) electrons. The summed E-state index contributed by atoms with van der Waals surface area (Å²) in [5.74, 6) is -0.428. The van der Waals surface area contributed by atoms with Crippen molar-refractivity contribution in [3.05, 3.63) is 39.7 Å². The number of nitrogens with one attached hydrogen (secondary N) is 1. The van der Waals surface area contributed by atoms with E-state index in [-0.39, 0.29) is 11.8 Å². The number of fused-ring (bicyclic) bond motifs is 1. The molecule has 1 atom stereocenters. The van der Waals surface area contributed by atoms with E-state index in [1.54, 1.807) is 19.9 Å². The van der Waals surface area contributed by atoms with E-state index < -0.39 is 17.7 Å². The van der Waals surface area contributed by atoms with Crippen LogP contribution in [0.2, 0.25) is 0 Å². The molecule has 1 heterocycles. The van der Waals surface area contributed by atoms with E-state index in [4.69, 9.17) is 14.3 Å². The zero-order valence-electron chi connectivity index (χ0n) is 17.0. The van der Waals surface area contributed by atoms with Crippen LogP contribution in [0.1, 0.15) is 43.7 Å². The van der Waals surface area contributed by atoms with Crippen molar-refractivity contribution in [3.8, 4) is 5.75 Å². The molecule has 1 amide bonds. The summed E-state index contributed by atoms with van der Waals surface area (Å²) in [7, 11) is 0. The molecule has 0 spiro atoms. The fourth-order valence-corrected chi connectivity index (χ4v) is 3.87. The topological polar surface area (TPSA) is 106 Å².